The zero-order chi connectivity index (χ0) is 17.0. The van der Waals surface area contributed by atoms with E-state index in [9.17, 15) is 9.59 Å². The van der Waals surface area contributed by atoms with Crippen molar-refractivity contribution in [1.29, 1.82) is 0 Å². The number of nitrogens with one attached hydrogen (secondary N) is 2. The van der Waals surface area contributed by atoms with Gasteiger partial charge in [0, 0.05) is 17.6 Å². The molecule has 2 rings (SSSR count). The van der Waals surface area contributed by atoms with E-state index in [-0.39, 0.29) is 11.8 Å². The zero-order valence-corrected chi connectivity index (χ0v) is 14.5. The highest BCUT2D eigenvalue weighted by Gasteiger charge is 2.56. The van der Waals surface area contributed by atoms with E-state index >= 15 is 0 Å². The Bertz CT molecular complexity index is 612. The number of unbranched alkanes of at least 4 members (excludes halogenated alkanes) is 1. The van der Waals surface area contributed by atoms with Gasteiger partial charge in [-0.1, -0.05) is 24.9 Å². The molecule has 0 spiro atoms. The molecule has 2 N–H and O–H groups in total. The Morgan fingerprint density at radius 3 is 2.57 bits per heavy atom. The lowest BCUT2D eigenvalue weighted by Crippen LogP contribution is -2.40. The Morgan fingerprint density at radius 2 is 2.00 bits per heavy atom. The van der Waals surface area contributed by atoms with E-state index in [4.69, 9.17) is 16.3 Å². The molecule has 0 aromatic heterocycles. The Balaban J connectivity index is 2.10. The summed E-state index contributed by atoms with van der Waals surface area (Å²) in [7, 11) is 1.51. The van der Waals surface area contributed by atoms with Crippen molar-refractivity contribution in [3.05, 3.63) is 22.7 Å². The molecule has 1 saturated carbocycles. The van der Waals surface area contributed by atoms with Crippen LogP contribution in [0.5, 0.6) is 5.75 Å². The number of amides is 2. The van der Waals surface area contributed by atoms with Crippen LogP contribution in [0.2, 0.25) is 5.02 Å². The maximum atomic E-state index is 12.6. The Morgan fingerprint density at radius 1 is 1.30 bits per heavy atom. The van der Waals surface area contributed by atoms with Crippen molar-refractivity contribution in [3.63, 3.8) is 0 Å². The minimum absolute atomic E-state index is 0.187. The molecule has 6 heteroatoms. The van der Waals surface area contributed by atoms with Crippen molar-refractivity contribution in [2.75, 3.05) is 19.0 Å². The summed E-state index contributed by atoms with van der Waals surface area (Å²) in [5.41, 5.74) is 0.429. The SMILES string of the molecule is CCCCNC(=O)C1(C(=O)Nc2cc(C)c(Cl)cc2OC)CC1. The van der Waals surface area contributed by atoms with Gasteiger partial charge in [0.05, 0.1) is 12.8 Å². The fourth-order valence-electron chi connectivity index (χ4n) is 2.40. The Labute approximate surface area is 141 Å². The molecule has 0 atom stereocenters. The standard InChI is InChI=1S/C17H23ClN2O3/c1-4-5-8-19-15(21)17(6-7-17)16(22)20-13-9-11(2)12(18)10-14(13)23-3/h9-10H,4-8H2,1-3H3,(H,19,21)(H,20,22). The minimum Gasteiger partial charge on any atom is -0.495 e. The number of benzene rings is 1. The van der Waals surface area contributed by atoms with Gasteiger partial charge in [-0.25, -0.2) is 0 Å². The summed E-state index contributed by atoms with van der Waals surface area (Å²) in [5.74, 6) is 0.00997. The van der Waals surface area contributed by atoms with Crippen LogP contribution in [0, 0.1) is 12.3 Å². The van der Waals surface area contributed by atoms with Gasteiger partial charge in [-0.15, -0.1) is 0 Å². The van der Waals surface area contributed by atoms with Crippen molar-refractivity contribution in [3.8, 4) is 5.75 Å². The van der Waals surface area contributed by atoms with Crippen LogP contribution in [0.25, 0.3) is 0 Å². The molecule has 1 fully saturated rings. The fourth-order valence-corrected chi connectivity index (χ4v) is 2.56. The molecule has 1 aromatic carbocycles. The maximum absolute atomic E-state index is 12.6. The summed E-state index contributed by atoms with van der Waals surface area (Å²) >= 11 is 6.07. The van der Waals surface area contributed by atoms with E-state index < -0.39 is 5.41 Å². The number of carbonyl (C=O) groups excluding carboxylic acids is 2. The van der Waals surface area contributed by atoms with Crippen molar-refractivity contribution in [1.82, 2.24) is 5.32 Å². The molecule has 0 heterocycles. The summed E-state index contributed by atoms with van der Waals surface area (Å²) in [4.78, 5) is 24.9. The number of rotatable bonds is 7. The van der Waals surface area contributed by atoms with Gasteiger partial charge in [-0.2, -0.15) is 0 Å². The van der Waals surface area contributed by atoms with Crippen molar-refractivity contribution in [2.45, 2.75) is 39.5 Å². The van der Waals surface area contributed by atoms with Crippen LogP contribution in [-0.2, 0) is 9.59 Å². The van der Waals surface area contributed by atoms with Crippen LogP contribution in [-0.4, -0.2) is 25.5 Å². The summed E-state index contributed by atoms with van der Waals surface area (Å²) in [6, 6.07) is 3.41. The van der Waals surface area contributed by atoms with E-state index in [1.807, 2.05) is 6.92 Å². The molecule has 0 unspecified atom stereocenters. The first-order valence-corrected chi connectivity index (χ1v) is 8.26. The van der Waals surface area contributed by atoms with Crippen molar-refractivity contribution < 1.29 is 14.3 Å². The average Bonchev–Trinajstić information content (AvgIpc) is 3.32. The molecule has 2 amide bonds. The number of hydrogen-bond acceptors (Lipinski definition) is 3. The number of halogens is 1. The van der Waals surface area contributed by atoms with Gasteiger partial charge in [0.25, 0.3) is 0 Å². The molecule has 0 radical (unpaired) electrons. The maximum Gasteiger partial charge on any atom is 0.240 e. The van der Waals surface area contributed by atoms with Crippen LogP contribution >= 0.6 is 11.6 Å². The summed E-state index contributed by atoms with van der Waals surface area (Å²) in [5, 5.41) is 6.24. The summed E-state index contributed by atoms with van der Waals surface area (Å²) in [6.45, 7) is 4.51. The second kappa shape index (κ2) is 7.21. The van der Waals surface area contributed by atoms with E-state index in [1.54, 1.807) is 12.1 Å². The van der Waals surface area contributed by atoms with E-state index in [0.717, 1.165) is 18.4 Å². The van der Waals surface area contributed by atoms with Gasteiger partial charge < -0.3 is 15.4 Å². The third kappa shape index (κ3) is 3.78. The quantitative estimate of drug-likeness (QED) is 0.592. The summed E-state index contributed by atoms with van der Waals surface area (Å²) < 4.78 is 5.26. The number of methoxy groups -OCH3 is 1. The van der Waals surface area contributed by atoms with Crippen LogP contribution in [0.3, 0.4) is 0 Å². The first kappa shape index (κ1) is 17.6. The lowest BCUT2D eigenvalue weighted by Gasteiger charge is -2.17. The van der Waals surface area contributed by atoms with Gasteiger partial charge in [0.15, 0.2) is 0 Å². The lowest BCUT2D eigenvalue weighted by atomic mass is 10.0. The van der Waals surface area contributed by atoms with E-state index in [0.29, 0.717) is 35.8 Å². The molecule has 1 aliphatic carbocycles. The number of hydrogen-bond donors (Lipinski definition) is 2. The fraction of sp³-hybridized carbons (Fsp3) is 0.529. The highest BCUT2D eigenvalue weighted by molar-refractivity contribution is 6.31. The summed E-state index contributed by atoms with van der Waals surface area (Å²) in [6.07, 6.45) is 3.06. The third-order valence-corrected chi connectivity index (χ3v) is 4.57. The van der Waals surface area contributed by atoms with Crippen LogP contribution in [0.15, 0.2) is 12.1 Å². The predicted molar refractivity (Wildman–Crippen MR) is 91.0 cm³/mol. The molecule has 0 aliphatic heterocycles. The van der Waals surface area contributed by atoms with Crippen LogP contribution in [0.4, 0.5) is 5.69 Å². The Hall–Kier alpha value is -1.75. The van der Waals surface area contributed by atoms with Gasteiger partial charge >= 0.3 is 0 Å². The molecule has 1 aliphatic rings. The highest BCUT2D eigenvalue weighted by atomic mass is 35.5. The largest absolute Gasteiger partial charge is 0.495 e. The van der Waals surface area contributed by atoms with Crippen LogP contribution < -0.4 is 15.4 Å². The number of anilines is 1. The van der Waals surface area contributed by atoms with Crippen LogP contribution in [0.1, 0.15) is 38.2 Å². The van der Waals surface area contributed by atoms with Crippen molar-refractivity contribution in [2.24, 2.45) is 5.41 Å². The first-order chi connectivity index (χ1) is 10.9. The molecular formula is C17H23ClN2O3. The molecule has 5 nitrogen and oxygen atoms in total. The topological polar surface area (TPSA) is 67.4 Å². The van der Waals surface area contributed by atoms with Gasteiger partial charge in [0.2, 0.25) is 11.8 Å². The van der Waals surface area contributed by atoms with E-state index in [2.05, 4.69) is 17.6 Å². The van der Waals surface area contributed by atoms with Gasteiger partial charge in [-0.05, 0) is 37.8 Å². The smallest absolute Gasteiger partial charge is 0.240 e. The average molecular weight is 339 g/mol. The van der Waals surface area contributed by atoms with Crippen molar-refractivity contribution >= 4 is 29.1 Å². The minimum atomic E-state index is -0.938. The Kier molecular flexibility index (Phi) is 5.52. The molecule has 0 saturated heterocycles. The molecular weight excluding hydrogens is 316 g/mol. The van der Waals surface area contributed by atoms with Gasteiger partial charge in [-0.3, -0.25) is 9.59 Å². The van der Waals surface area contributed by atoms with Gasteiger partial charge in [0.1, 0.15) is 11.2 Å². The lowest BCUT2D eigenvalue weighted by molar-refractivity contribution is -0.134. The normalized spacial score (nSPS) is 15.0. The third-order valence-electron chi connectivity index (χ3n) is 4.16. The molecule has 1 aromatic rings. The number of ether oxygens (including phenoxy) is 1. The molecule has 126 valence electrons. The molecule has 0 bridgehead atoms. The second-order valence-corrected chi connectivity index (χ2v) is 6.35. The highest BCUT2D eigenvalue weighted by Crippen LogP contribution is 2.47. The zero-order valence-electron chi connectivity index (χ0n) is 13.8. The number of aryl methyl sites for hydroxylation is 1. The second-order valence-electron chi connectivity index (χ2n) is 5.95. The first-order valence-electron chi connectivity index (χ1n) is 7.88. The monoisotopic (exact) mass is 338 g/mol. The van der Waals surface area contributed by atoms with E-state index in [1.165, 1.54) is 7.11 Å². The molecule has 23 heavy (non-hydrogen) atoms. The number of carbonyl (C=O) groups is 2. The predicted octanol–water partition coefficient (Wildman–Crippen LogP) is 3.29.